The highest BCUT2D eigenvalue weighted by molar-refractivity contribution is 7.99. The van der Waals surface area contributed by atoms with Crippen molar-refractivity contribution in [2.45, 2.75) is 12.1 Å². The Labute approximate surface area is 100 Å². The number of aromatic nitrogens is 3. The highest BCUT2D eigenvalue weighted by atomic mass is 32.2. The minimum atomic E-state index is -1.02. The predicted octanol–water partition coefficient (Wildman–Crippen LogP) is -0.408. The molecule has 7 nitrogen and oxygen atoms in total. The Hall–Kier alpha value is -1.83. The lowest BCUT2D eigenvalue weighted by atomic mass is 10.3. The van der Waals surface area contributed by atoms with Crippen LogP contribution >= 0.6 is 11.8 Å². The highest BCUT2D eigenvalue weighted by Gasteiger charge is 2.05. The van der Waals surface area contributed by atoms with Crippen LogP contribution in [0.4, 0.5) is 0 Å². The maximum Gasteiger partial charge on any atom is 0.339 e. The largest absolute Gasteiger partial charge is 0.478 e. The van der Waals surface area contributed by atoms with Gasteiger partial charge < -0.3 is 5.11 Å². The number of nitrogens with zero attached hydrogens (tertiary/aromatic N) is 2. The van der Waals surface area contributed by atoms with E-state index in [1.807, 2.05) is 0 Å². The molecule has 1 heterocycles. The monoisotopic (exact) mass is 257 g/mol. The van der Waals surface area contributed by atoms with Gasteiger partial charge in [-0.1, -0.05) is 17.3 Å². The van der Waals surface area contributed by atoms with Crippen molar-refractivity contribution in [2.24, 2.45) is 7.05 Å². The fourth-order valence-corrected chi connectivity index (χ4v) is 1.85. The summed E-state index contributed by atoms with van der Waals surface area (Å²) in [7, 11) is 1.55. The molecule has 0 aromatic carbocycles. The number of thioether (sulfide) groups is 1. The van der Waals surface area contributed by atoms with Gasteiger partial charge in [0.05, 0.1) is 0 Å². The van der Waals surface area contributed by atoms with E-state index < -0.39 is 17.1 Å². The van der Waals surface area contributed by atoms with Gasteiger partial charge in [0.2, 0.25) is 0 Å². The Morgan fingerprint density at radius 2 is 2.24 bits per heavy atom. The fraction of sp³-hybridized carbons (Fsp3) is 0.333. The topological polar surface area (TPSA) is 105 Å². The second-order valence-corrected chi connectivity index (χ2v) is 4.26. The second kappa shape index (κ2) is 5.48. The number of aryl methyl sites for hydroxylation is 1. The molecular weight excluding hydrogens is 246 g/mol. The van der Waals surface area contributed by atoms with Gasteiger partial charge in [-0.3, -0.25) is 19.4 Å². The first kappa shape index (κ1) is 13.2. The molecule has 92 valence electrons. The first-order valence-corrected chi connectivity index (χ1v) is 5.59. The molecule has 0 fully saturated rings. The van der Waals surface area contributed by atoms with E-state index in [9.17, 15) is 14.4 Å². The van der Waals surface area contributed by atoms with Crippen molar-refractivity contribution in [1.29, 1.82) is 0 Å². The third-order valence-electron chi connectivity index (χ3n) is 1.75. The number of hydrogen-bond donors (Lipinski definition) is 2. The van der Waals surface area contributed by atoms with E-state index in [0.29, 0.717) is 16.5 Å². The number of aliphatic carboxylic acids is 1. The molecule has 0 atom stereocenters. The lowest BCUT2D eigenvalue weighted by Crippen LogP contribution is -2.33. The average Bonchev–Trinajstić information content (AvgIpc) is 2.20. The molecule has 0 saturated carbocycles. The Bertz CT molecular complexity index is 572. The zero-order valence-corrected chi connectivity index (χ0v) is 10.1. The normalized spacial score (nSPS) is 11.5. The van der Waals surface area contributed by atoms with Crippen LogP contribution in [-0.2, 0) is 11.8 Å². The Morgan fingerprint density at radius 1 is 1.59 bits per heavy atom. The molecule has 0 aliphatic rings. The van der Waals surface area contributed by atoms with E-state index in [4.69, 9.17) is 5.11 Å². The molecule has 0 saturated heterocycles. The van der Waals surface area contributed by atoms with E-state index in [1.54, 1.807) is 14.0 Å². The molecule has 1 rings (SSSR count). The first-order chi connectivity index (χ1) is 7.90. The van der Waals surface area contributed by atoms with E-state index in [0.717, 1.165) is 6.08 Å². The molecule has 0 radical (unpaired) electrons. The van der Waals surface area contributed by atoms with Crippen LogP contribution in [0.25, 0.3) is 0 Å². The molecule has 0 aliphatic heterocycles. The second-order valence-electron chi connectivity index (χ2n) is 3.32. The summed E-state index contributed by atoms with van der Waals surface area (Å²) in [4.78, 5) is 35.9. The molecule has 8 heteroatoms. The number of carboxylic acid groups (broad SMARTS) is 1. The van der Waals surface area contributed by atoms with Crippen LogP contribution in [0.1, 0.15) is 6.92 Å². The van der Waals surface area contributed by atoms with Crippen LogP contribution in [-0.4, -0.2) is 31.6 Å². The van der Waals surface area contributed by atoms with Crippen molar-refractivity contribution >= 4 is 17.7 Å². The zero-order valence-electron chi connectivity index (χ0n) is 9.26. The Balaban J connectivity index is 2.84. The van der Waals surface area contributed by atoms with Crippen LogP contribution < -0.4 is 11.1 Å². The number of hydrogen-bond acceptors (Lipinski definition) is 5. The lowest BCUT2D eigenvalue weighted by Gasteiger charge is -2.05. The summed E-state index contributed by atoms with van der Waals surface area (Å²) in [6, 6.07) is 0. The number of carboxylic acids is 1. The summed E-state index contributed by atoms with van der Waals surface area (Å²) >= 11 is 1.17. The molecule has 0 bridgehead atoms. The summed E-state index contributed by atoms with van der Waals surface area (Å²) in [5, 5.41) is 11.1. The minimum Gasteiger partial charge on any atom is -0.478 e. The maximum absolute atomic E-state index is 11.0. The van der Waals surface area contributed by atoms with Crippen LogP contribution in [0.15, 0.2) is 26.4 Å². The first-order valence-electron chi connectivity index (χ1n) is 4.60. The quantitative estimate of drug-likeness (QED) is 0.431. The van der Waals surface area contributed by atoms with Gasteiger partial charge in [0.1, 0.15) is 0 Å². The maximum atomic E-state index is 11.0. The molecule has 0 spiro atoms. The summed E-state index contributed by atoms with van der Waals surface area (Å²) in [6.07, 6.45) is 1.08. The molecular formula is C9H11N3O4S. The van der Waals surface area contributed by atoms with Crippen molar-refractivity contribution in [3.63, 3.8) is 0 Å². The number of carbonyl (C=O) groups is 1. The van der Waals surface area contributed by atoms with Gasteiger partial charge in [-0.15, -0.1) is 0 Å². The van der Waals surface area contributed by atoms with Crippen LogP contribution in [0.2, 0.25) is 0 Å². The summed E-state index contributed by atoms with van der Waals surface area (Å²) in [5.41, 5.74) is -1.01. The Morgan fingerprint density at radius 3 is 2.82 bits per heavy atom. The molecule has 17 heavy (non-hydrogen) atoms. The van der Waals surface area contributed by atoms with Crippen molar-refractivity contribution in [3.05, 3.63) is 32.4 Å². The van der Waals surface area contributed by atoms with Crippen molar-refractivity contribution < 1.29 is 9.90 Å². The van der Waals surface area contributed by atoms with Gasteiger partial charge in [-0.25, -0.2) is 4.79 Å². The summed E-state index contributed by atoms with van der Waals surface area (Å²) in [5.74, 6) is -0.648. The standard InChI is InChI=1S/C9H11N3O4S/c1-5(3-6(13)14)4-17-9-10-7(15)8(16)11-12(9)2/h3H,4H2,1-2H3,(H,11,16)(H,13,14). The molecule has 0 amide bonds. The number of H-pyrrole nitrogens is 1. The zero-order chi connectivity index (χ0) is 13.0. The Kier molecular flexibility index (Phi) is 4.27. The fourth-order valence-electron chi connectivity index (χ4n) is 1.02. The van der Waals surface area contributed by atoms with Crippen LogP contribution in [0, 0.1) is 0 Å². The van der Waals surface area contributed by atoms with Gasteiger partial charge in [-0.05, 0) is 6.92 Å². The van der Waals surface area contributed by atoms with Gasteiger partial charge in [0.25, 0.3) is 0 Å². The number of rotatable bonds is 4. The SMILES string of the molecule is CC(=CC(=O)O)CSc1nc(=O)c(=O)[nH]n1C. The molecule has 2 N–H and O–H groups in total. The molecule has 1 aromatic rings. The highest BCUT2D eigenvalue weighted by Crippen LogP contribution is 2.14. The van der Waals surface area contributed by atoms with E-state index in [-0.39, 0.29) is 0 Å². The molecule has 1 aromatic heterocycles. The van der Waals surface area contributed by atoms with Crippen molar-refractivity contribution in [3.8, 4) is 0 Å². The minimum absolute atomic E-state index is 0.327. The van der Waals surface area contributed by atoms with Crippen molar-refractivity contribution in [1.82, 2.24) is 14.8 Å². The predicted molar refractivity (Wildman–Crippen MR) is 62.2 cm³/mol. The van der Waals surface area contributed by atoms with Crippen molar-refractivity contribution in [2.75, 3.05) is 5.75 Å². The van der Waals surface area contributed by atoms with Gasteiger partial charge in [0, 0.05) is 18.9 Å². The van der Waals surface area contributed by atoms with Gasteiger partial charge in [0.15, 0.2) is 5.16 Å². The number of nitrogens with one attached hydrogen (secondary N) is 1. The van der Waals surface area contributed by atoms with E-state index in [1.165, 1.54) is 16.4 Å². The number of aromatic amines is 1. The average molecular weight is 257 g/mol. The lowest BCUT2D eigenvalue weighted by molar-refractivity contribution is -0.131. The van der Waals surface area contributed by atoms with Gasteiger partial charge in [-0.2, -0.15) is 4.98 Å². The third-order valence-corrected chi connectivity index (χ3v) is 2.97. The summed E-state index contributed by atoms with van der Waals surface area (Å²) in [6.45, 7) is 1.66. The van der Waals surface area contributed by atoms with Crippen LogP contribution in [0.3, 0.4) is 0 Å². The third kappa shape index (κ3) is 3.91. The summed E-state index contributed by atoms with van der Waals surface area (Å²) < 4.78 is 1.32. The van der Waals surface area contributed by atoms with E-state index >= 15 is 0 Å². The molecule has 0 aliphatic carbocycles. The van der Waals surface area contributed by atoms with E-state index in [2.05, 4.69) is 10.1 Å². The smallest absolute Gasteiger partial charge is 0.339 e. The van der Waals surface area contributed by atoms with Gasteiger partial charge >= 0.3 is 17.1 Å². The molecule has 0 unspecified atom stereocenters. The van der Waals surface area contributed by atoms with Crippen LogP contribution in [0.5, 0.6) is 0 Å².